The largest absolute Gasteiger partial charge is 0.314 e. The third-order valence-corrected chi connectivity index (χ3v) is 4.19. The Labute approximate surface area is 118 Å². The van der Waals surface area contributed by atoms with Gasteiger partial charge >= 0.3 is 0 Å². The van der Waals surface area contributed by atoms with Crippen molar-refractivity contribution in [2.24, 2.45) is 5.92 Å². The van der Waals surface area contributed by atoms with Gasteiger partial charge in [0.2, 0.25) is 0 Å². The van der Waals surface area contributed by atoms with Crippen LogP contribution in [-0.2, 0) is 11.8 Å². The topological polar surface area (TPSA) is 12.0 Å². The van der Waals surface area contributed by atoms with Crippen LogP contribution in [0.25, 0.3) is 0 Å². The molecule has 1 fully saturated rings. The zero-order valence-electron chi connectivity index (χ0n) is 13.0. The summed E-state index contributed by atoms with van der Waals surface area (Å²) in [6.45, 7) is 10.3. The first-order chi connectivity index (χ1) is 8.99. The molecule has 1 aliphatic rings. The molecular weight excluding hydrogens is 230 g/mol. The van der Waals surface area contributed by atoms with Gasteiger partial charge in [0.05, 0.1) is 0 Å². The summed E-state index contributed by atoms with van der Waals surface area (Å²) >= 11 is 0. The van der Waals surface area contributed by atoms with E-state index >= 15 is 0 Å². The lowest BCUT2D eigenvalue weighted by Crippen LogP contribution is -2.25. The third kappa shape index (κ3) is 4.65. The normalized spacial score (nSPS) is 17.5. The lowest BCUT2D eigenvalue weighted by Gasteiger charge is -2.20. The number of rotatable bonds is 6. The van der Waals surface area contributed by atoms with E-state index < -0.39 is 0 Å². The molecule has 1 aromatic carbocycles. The Morgan fingerprint density at radius 1 is 1.16 bits per heavy atom. The fraction of sp³-hybridized carbons (Fsp3) is 0.667. The van der Waals surface area contributed by atoms with E-state index in [4.69, 9.17) is 0 Å². The summed E-state index contributed by atoms with van der Waals surface area (Å²) in [5, 5.41) is 3.66. The first-order valence-corrected chi connectivity index (χ1v) is 7.82. The van der Waals surface area contributed by atoms with E-state index in [2.05, 4.69) is 57.3 Å². The predicted octanol–water partition coefficient (Wildman–Crippen LogP) is 4.30. The maximum absolute atomic E-state index is 3.66. The van der Waals surface area contributed by atoms with Crippen molar-refractivity contribution in [3.63, 3.8) is 0 Å². The highest BCUT2D eigenvalue weighted by Crippen LogP contribution is 2.24. The van der Waals surface area contributed by atoms with Gasteiger partial charge in [-0.3, -0.25) is 0 Å². The molecular formula is C18H29N. The lowest BCUT2D eigenvalue weighted by molar-refractivity contribution is 0.458. The molecule has 0 amide bonds. The second-order valence-electron chi connectivity index (χ2n) is 7.11. The van der Waals surface area contributed by atoms with Gasteiger partial charge in [0.1, 0.15) is 0 Å². The Morgan fingerprint density at radius 2 is 1.79 bits per heavy atom. The fourth-order valence-electron chi connectivity index (χ4n) is 2.46. The SMILES string of the molecule is CCC(CNC1CC1)Cc1ccc(C(C)(C)C)cc1. The van der Waals surface area contributed by atoms with Gasteiger partial charge in [-0.1, -0.05) is 58.4 Å². The molecule has 0 heterocycles. The molecule has 1 N–H and O–H groups in total. The Bertz CT molecular complexity index is 381. The molecule has 0 bridgehead atoms. The number of hydrogen-bond acceptors (Lipinski definition) is 1. The van der Waals surface area contributed by atoms with E-state index in [0.717, 1.165) is 12.0 Å². The summed E-state index contributed by atoms with van der Waals surface area (Å²) in [5.41, 5.74) is 3.17. The molecule has 1 nitrogen and oxygen atoms in total. The highest BCUT2D eigenvalue weighted by atomic mass is 14.9. The van der Waals surface area contributed by atoms with Crippen LogP contribution in [0.3, 0.4) is 0 Å². The van der Waals surface area contributed by atoms with Gasteiger partial charge in [0.15, 0.2) is 0 Å². The van der Waals surface area contributed by atoms with Crippen LogP contribution in [0.1, 0.15) is 58.1 Å². The molecule has 106 valence electrons. The highest BCUT2D eigenvalue weighted by Gasteiger charge is 2.21. The van der Waals surface area contributed by atoms with Gasteiger partial charge in [-0.25, -0.2) is 0 Å². The predicted molar refractivity (Wildman–Crippen MR) is 83.7 cm³/mol. The molecule has 0 saturated heterocycles. The summed E-state index contributed by atoms with van der Waals surface area (Å²) < 4.78 is 0. The third-order valence-electron chi connectivity index (χ3n) is 4.19. The minimum atomic E-state index is 0.260. The van der Waals surface area contributed by atoms with E-state index in [1.807, 2.05) is 0 Å². The first kappa shape index (κ1) is 14.6. The van der Waals surface area contributed by atoms with Crippen LogP contribution < -0.4 is 5.32 Å². The first-order valence-electron chi connectivity index (χ1n) is 7.82. The second kappa shape index (κ2) is 6.09. The minimum absolute atomic E-state index is 0.260. The molecule has 1 unspecified atom stereocenters. The van der Waals surface area contributed by atoms with Crippen molar-refractivity contribution in [1.82, 2.24) is 5.32 Å². The maximum Gasteiger partial charge on any atom is 0.00683 e. The van der Waals surface area contributed by atoms with E-state index in [0.29, 0.717) is 0 Å². The summed E-state index contributed by atoms with van der Waals surface area (Å²) in [5.74, 6) is 0.779. The Balaban J connectivity index is 1.89. The molecule has 1 aromatic rings. The number of nitrogens with one attached hydrogen (secondary N) is 1. The molecule has 1 atom stereocenters. The molecule has 0 aliphatic heterocycles. The van der Waals surface area contributed by atoms with E-state index in [-0.39, 0.29) is 5.41 Å². The average molecular weight is 259 g/mol. The van der Waals surface area contributed by atoms with Gasteiger partial charge in [-0.05, 0) is 48.3 Å². The number of hydrogen-bond donors (Lipinski definition) is 1. The average Bonchev–Trinajstić information content (AvgIpc) is 3.18. The van der Waals surface area contributed by atoms with Crippen molar-refractivity contribution < 1.29 is 0 Å². The molecule has 0 radical (unpaired) electrons. The molecule has 0 aromatic heterocycles. The summed E-state index contributed by atoms with van der Waals surface area (Å²) in [6.07, 6.45) is 5.24. The van der Waals surface area contributed by atoms with Crippen molar-refractivity contribution >= 4 is 0 Å². The Kier molecular flexibility index (Phi) is 4.67. The van der Waals surface area contributed by atoms with Crippen LogP contribution in [0.4, 0.5) is 0 Å². The van der Waals surface area contributed by atoms with Crippen LogP contribution in [0.5, 0.6) is 0 Å². The fourth-order valence-corrected chi connectivity index (χ4v) is 2.46. The van der Waals surface area contributed by atoms with Crippen molar-refractivity contribution in [3.05, 3.63) is 35.4 Å². The van der Waals surface area contributed by atoms with Gasteiger partial charge in [0.25, 0.3) is 0 Å². The van der Waals surface area contributed by atoms with Crippen LogP contribution in [0.2, 0.25) is 0 Å². The van der Waals surface area contributed by atoms with Gasteiger partial charge in [-0.15, -0.1) is 0 Å². The standard InChI is InChI=1S/C18H29N/c1-5-14(13-19-17-10-11-17)12-15-6-8-16(9-7-15)18(2,3)4/h6-9,14,17,19H,5,10-13H2,1-4H3. The Hall–Kier alpha value is -0.820. The van der Waals surface area contributed by atoms with Crippen molar-refractivity contribution in [1.29, 1.82) is 0 Å². The molecule has 2 rings (SSSR count). The van der Waals surface area contributed by atoms with Crippen LogP contribution in [0.15, 0.2) is 24.3 Å². The van der Waals surface area contributed by atoms with Crippen molar-refractivity contribution in [2.75, 3.05) is 6.54 Å². The van der Waals surface area contributed by atoms with E-state index in [9.17, 15) is 0 Å². The van der Waals surface area contributed by atoms with E-state index in [1.54, 1.807) is 0 Å². The van der Waals surface area contributed by atoms with E-state index in [1.165, 1.54) is 43.4 Å². The molecule has 1 aliphatic carbocycles. The molecule has 19 heavy (non-hydrogen) atoms. The minimum Gasteiger partial charge on any atom is -0.314 e. The zero-order valence-corrected chi connectivity index (χ0v) is 13.0. The smallest absolute Gasteiger partial charge is 0.00683 e. The summed E-state index contributed by atoms with van der Waals surface area (Å²) in [6, 6.07) is 10.1. The maximum atomic E-state index is 3.66. The molecule has 1 saturated carbocycles. The highest BCUT2D eigenvalue weighted by molar-refractivity contribution is 5.27. The zero-order chi connectivity index (χ0) is 13.9. The lowest BCUT2D eigenvalue weighted by atomic mass is 9.86. The monoisotopic (exact) mass is 259 g/mol. The summed E-state index contributed by atoms with van der Waals surface area (Å²) in [4.78, 5) is 0. The molecule has 1 heteroatoms. The van der Waals surface area contributed by atoms with Gasteiger partial charge < -0.3 is 5.32 Å². The summed E-state index contributed by atoms with van der Waals surface area (Å²) in [7, 11) is 0. The molecule has 0 spiro atoms. The van der Waals surface area contributed by atoms with Crippen molar-refractivity contribution in [3.8, 4) is 0 Å². The van der Waals surface area contributed by atoms with Crippen LogP contribution in [-0.4, -0.2) is 12.6 Å². The van der Waals surface area contributed by atoms with Gasteiger partial charge in [-0.2, -0.15) is 0 Å². The van der Waals surface area contributed by atoms with Crippen molar-refractivity contribution in [2.45, 2.75) is 64.8 Å². The Morgan fingerprint density at radius 3 is 2.26 bits per heavy atom. The quantitative estimate of drug-likeness (QED) is 0.803. The van der Waals surface area contributed by atoms with Crippen LogP contribution >= 0.6 is 0 Å². The number of benzene rings is 1. The van der Waals surface area contributed by atoms with Gasteiger partial charge in [0, 0.05) is 6.04 Å². The second-order valence-corrected chi connectivity index (χ2v) is 7.11. The van der Waals surface area contributed by atoms with Crippen LogP contribution in [0, 0.1) is 5.92 Å².